The molecule has 8 heteroatoms. The highest BCUT2D eigenvalue weighted by Gasteiger charge is 2.12. The van der Waals surface area contributed by atoms with E-state index in [-0.39, 0.29) is 5.78 Å². The average Bonchev–Trinajstić information content (AvgIpc) is 3.36. The molecule has 0 fully saturated rings. The third-order valence-corrected chi connectivity index (χ3v) is 5.50. The maximum absolute atomic E-state index is 12.3. The number of hydrogen-bond acceptors (Lipinski definition) is 7. The molecule has 2 aromatic heterocycles. The predicted octanol–water partition coefficient (Wildman–Crippen LogP) is 4.57. The molecule has 140 valence electrons. The summed E-state index contributed by atoms with van der Waals surface area (Å²) in [6.45, 7) is 1.87. The van der Waals surface area contributed by atoms with Gasteiger partial charge in [-0.3, -0.25) is 4.79 Å². The van der Waals surface area contributed by atoms with Crippen LogP contribution in [0, 0.1) is 6.92 Å². The molecule has 0 unspecified atom stereocenters. The van der Waals surface area contributed by atoms with Gasteiger partial charge in [0.05, 0.1) is 10.6 Å². The standard InChI is InChI=1S/C20H15ClN4O2S/c1-12-19(28-25-23-12)10-16(26)8-13-2-4-14(5-3-13)17-9-15(6-7-18(17)21)20-24-22-11-27-20/h2-7,9,11H,8,10H2,1H3. The molecule has 0 bridgehead atoms. The number of benzene rings is 2. The minimum absolute atomic E-state index is 0.137. The Labute approximate surface area is 170 Å². The van der Waals surface area contributed by atoms with E-state index >= 15 is 0 Å². The zero-order valence-electron chi connectivity index (χ0n) is 14.9. The Morgan fingerprint density at radius 3 is 2.54 bits per heavy atom. The van der Waals surface area contributed by atoms with Crippen LogP contribution in [0.4, 0.5) is 0 Å². The normalized spacial score (nSPS) is 10.9. The third kappa shape index (κ3) is 4.00. The fourth-order valence-corrected chi connectivity index (χ4v) is 3.75. The Hall–Kier alpha value is -2.90. The van der Waals surface area contributed by atoms with Gasteiger partial charge in [0.25, 0.3) is 0 Å². The van der Waals surface area contributed by atoms with Crippen LogP contribution in [0.25, 0.3) is 22.6 Å². The fraction of sp³-hybridized carbons (Fsp3) is 0.150. The van der Waals surface area contributed by atoms with E-state index in [4.69, 9.17) is 16.0 Å². The van der Waals surface area contributed by atoms with Crippen molar-refractivity contribution in [1.29, 1.82) is 0 Å². The van der Waals surface area contributed by atoms with E-state index in [2.05, 4.69) is 19.8 Å². The Kier molecular flexibility index (Phi) is 5.27. The van der Waals surface area contributed by atoms with E-state index in [1.165, 1.54) is 17.9 Å². The highest BCUT2D eigenvalue weighted by atomic mass is 35.5. The van der Waals surface area contributed by atoms with Crippen LogP contribution < -0.4 is 0 Å². The first kappa shape index (κ1) is 18.5. The van der Waals surface area contributed by atoms with Crippen LogP contribution in [-0.4, -0.2) is 25.6 Å². The molecule has 0 amide bonds. The van der Waals surface area contributed by atoms with Crippen LogP contribution in [-0.2, 0) is 17.6 Å². The summed E-state index contributed by atoms with van der Waals surface area (Å²) < 4.78 is 9.13. The molecular formula is C20H15ClN4O2S. The summed E-state index contributed by atoms with van der Waals surface area (Å²) in [6, 6.07) is 13.4. The smallest absolute Gasteiger partial charge is 0.247 e. The summed E-state index contributed by atoms with van der Waals surface area (Å²) in [5.41, 5.74) is 4.38. The number of aromatic nitrogens is 4. The summed E-state index contributed by atoms with van der Waals surface area (Å²) in [4.78, 5) is 13.2. The summed E-state index contributed by atoms with van der Waals surface area (Å²) in [5.74, 6) is 0.575. The molecule has 0 radical (unpaired) electrons. The number of carbonyl (C=O) groups excluding carboxylic acids is 1. The van der Waals surface area contributed by atoms with Crippen molar-refractivity contribution in [3.8, 4) is 22.6 Å². The molecule has 28 heavy (non-hydrogen) atoms. The van der Waals surface area contributed by atoms with E-state index in [1.54, 1.807) is 6.07 Å². The largest absolute Gasteiger partial charge is 0.423 e. The van der Waals surface area contributed by atoms with E-state index < -0.39 is 0 Å². The molecule has 4 aromatic rings. The van der Waals surface area contributed by atoms with Gasteiger partial charge in [-0.2, -0.15) is 0 Å². The molecule has 0 aliphatic carbocycles. The molecule has 6 nitrogen and oxygen atoms in total. The molecule has 0 aliphatic rings. The fourth-order valence-electron chi connectivity index (χ4n) is 2.86. The number of hydrogen-bond donors (Lipinski definition) is 0. The van der Waals surface area contributed by atoms with Crippen molar-refractivity contribution in [2.75, 3.05) is 0 Å². The molecule has 0 spiro atoms. The van der Waals surface area contributed by atoms with Crippen molar-refractivity contribution in [3.63, 3.8) is 0 Å². The van der Waals surface area contributed by atoms with E-state index in [1.807, 2.05) is 43.3 Å². The van der Waals surface area contributed by atoms with Crippen LogP contribution in [0.5, 0.6) is 0 Å². The van der Waals surface area contributed by atoms with Crippen LogP contribution in [0.2, 0.25) is 5.02 Å². The molecule has 0 N–H and O–H groups in total. The molecule has 0 saturated heterocycles. The van der Waals surface area contributed by atoms with Crippen molar-refractivity contribution in [3.05, 3.63) is 70.0 Å². The van der Waals surface area contributed by atoms with Crippen LogP contribution in [0.3, 0.4) is 0 Å². The Morgan fingerprint density at radius 1 is 1.07 bits per heavy atom. The molecule has 2 heterocycles. The second kappa shape index (κ2) is 8.00. The van der Waals surface area contributed by atoms with Crippen molar-refractivity contribution in [1.82, 2.24) is 19.8 Å². The summed E-state index contributed by atoms with van der Waals surface area (Å²) in [5, 5.41) is 12.2. The average molecular weight is 411 g/mol. The molecule has 0 saturated carbocycles. The van der Waals surface area contributed by atoms with Gasteiger partial charge in [-0.1, -0.05) is 40.4 Å². The predicted molar refractivity (Wildman–Crippen MR) is 107 cm³/mol. The van der Waals surface area contributed by atoms with Crippen molar-refractivity contribution in [2.24, 2.45) is 0 Å². The Bertz CT molecular complexity index is 1110. The first-order valence-corrected chi connectivity index (χ1v) is 9.70. The number of carbonyl (C=O) groups is 1. The maximum Gasteiger partial charge on any atom is 0.247 e. The summed E-state index contributed by atoms with van der Waals surface area (Å²) >= 11 is 7.66. The van der Waals surface area contributed by atoms with Crippen LogP contribution in [0.15, 0.2) is 53.3 Å². The second-order valence-electron chi connectivity index (χ2n) is 6.31. The van der Waals surface area contributed by atoms with Gasteiger partial charge in [0.2, 0.25) is 12.3 Å². The Morgan fingerprint density at radius 2 is 1.86 bits per heavy atom. The van der Waals surface area contributed by atoms with Gasteiger partial charge >= 0.3 is 0 Å². The van der Waals surface area contributed by atoms with Gasteiger partial charge in [0.15, 0.2) is 0 Å². The van der Waals surface area contributed by atoms with Crippen molar-refractivity contribution >= 4 is 28.9 Å². The molecule has 0 aliphatic heterocycles. The second-order valence-corrected chi connectivity index (χ2v) is 7.56. The van der Waals surface area contributed by atoms with E-state index in [0.29, 0.717) is 23.8 Å². The van der Waals surface area contributed by atoms with Gasteiger partial charge in [0.1, 0.15) is 5.78 Å². The first-order chi connectivity index (χ1) is 13.6. The minimum atomic E-state index is 0.137. The van der Waals surface area contributed by atoms with Crippen LogP contribution >= 0.6 is 23.1 Å². The Balaban J connectivity index is 1.51. The highest BCUT2D eigenvalue weighted by molar-refractivity contribution is 7.05. The number of aryl methyl sites for hydroxylation is 1. The SMILES string of the molecule is Cc1nnsc1CC(=O)Cc1ccc(-c2cc(-c3nnco3)ccc2Cl)cc1. The quantitative estimate of drug-likeness (QED) is 0.463. The lowest BCUT2D eigenvalue weighted by Gasteiger charge is -2.08. The lowest BCUT2D eigenvalue weighted by Crippen LogP contribution is -2.06. The lowest BCUT2D eigenvalue weighted by atomic mass is 9.99. The van der Waals surface area contributed by atoms with Gasteiger partial charge in [0, 0.05) is 29.0 Å². The van der Waals surface area contributed by atoms with Gasteiger partial charge in [-0.05, 0) is 47.8 Å². The highest BCUT2D eigenvalue weighted by Crippen LogP contribution is 2.32. The van der Waals surface area contributed by atoms with E-state index in [0.717, 1.165) is 32.8 Å². The maximum atomic E-state index is 12.3. The third-order valence-electron chi connectivity index (χ3n) is 4.34. The minimum Gasteiger partial charge on any atom is -0.423 e. The van der Waals surface area contributed by atoms with Crippen molar-refractivity contribution in [2.45, 2.75) is 19.8 Å². The molecule has 0 atom stereocenters. The molecule has 4 rings (SSSR count). The van der Waals surface area contributed by atoms with Crippen LogP contribution in [0.1, 0.15) is 16.1 Å². The van der Waals surface area contributed by atoms with E-state index in [9.17, 15) is 4.79 Å². The number of halogens is 1. The monoisotopic (exact) mass is 410 g/mol. The number of ketones is 1. The summed E-state index contributed by atoms with van der Waals surface area (Å²) in [6.07, 6.45) is 2.02. The number of Topliss-reactive ketones (excluding diaryl/α,β-unsaturated/α-hetero) is 1. The summed E-state index contributed by atoms with van der Waals surface area (Å²) in [7, 11) is 0. The van der Waals surface area contributed by atoms with Gasteiger partial charge < -0.3 is 4.42 Å². The topological polar surface area (TPSA) is 81.8 Å². The zero-order valence-corrected chi connectivity index (χ0v) is 16.5. The lowest BCUT2D eigenvalue weighted by molar-refractivity contribution is -0.117. The molecule has 2 aromatic carbocycles. The first-order valence-electron chi connectivity index (χ1n) is 8.55. The number of nitrogens with zero attached hydrogens (tertiary/aromatic N) is 4. The van der Waals surface area contributed by atoms with Crippen molar-refractivity contribution < 1.29 is 9.21 Å². The number of rotatable bonds is 6. The van der Waals surface area contributed by atoms with Gasteiger partial charge in [-0.15, -0.1) is 15.3 Å². The molecular weight excluding hydrogens is 396 g/mol. The zero-order chi connectivity index (χ0) is 19.5. The van der Waals surface area contributed by atoms with Gasteiger partial charge in [-0.25, -0.2) is 0 Å².